The number of benzene rings is 2. The first-order chi connectivity index (χ1) is 9.54. The summed E-state index contributed by atoms with van der Waals surface area (Å²) in [6.45, 7) is 0. The molecule has 0 unspecified atom stereocenters. The van der Waals surface area contributed by atoms with Crippen molar-refractivity contribution in [3.63, 3.8) is 0 Å². The van der Waals surface area contributed by atoms with Crippen molar-refractivity contribution in [2.75, 3.05) is 19.8 Å². The number of nitrogen functional groups attached to an aromatic ring is 1. The zero-order valence-corrected chi connectivity index (χ0v) is 11.4. The second-order valence-electron chi connectivity index (χ2n) is 4.41. The lowest BCUT2D eigenvalue weighted by Crippen LogP contribution is -2.25. The van der Waals surface area contributed by atoms with Crippen LogP contribution in [0.5, 0.6) is 17.2 Å². The third-order valence-corrected chi connectivity index (χ3v) is 2.47. The molecule has 20 heavy (non-hydrogen) atoms. The van der Waals surface area contributed by atoms with E-state index in [4.69, 9.17) is 15.2 Å². The van der Waals surface area contributed by atoms with E-state index >= 15 is 0 Å². The van der Waals surface area contributed by atoms with Crippen LogP contribution in [-0.4, -0.2) is 25.1 Å². The fourth-order valence-corrected chi connectivity index (χ4v) is 1.51. The topological polar surface area (TPSA) is 64.8 Å². The summed E-state index contributed by atoms with van der Waals surface area (Å²) in [7, 11) is 3.24. The van der Waals surface area contributed by atoms with Crippen molar-refractivity contribution in [2.24, 2.45) is 0 Å². The minimum Gasteiger partial charge on any atom is -0.457 e. The lowest BCUT2D eigenvalue weighted by Gasteiger charge is -2.12. The van der Waals surface area contributed by atoms with Gasteiger partial charge in [-0.25, -0.2) is 4.79 Å². The summed E-state index contributed by atoms with van der Waals surface area (Å²) in [4.78, 5) is 12.8. The summed E-state index contributed by atoms with van der Waals surface area (Å²) in [5.74, 6) is 1.62. The molecule has 1 amide bonds. The van der Waals surface area contributed by atoms with E-state index in [0.717, 1.165) is 0 Å². The number of nitrogens with two attached hydrogens (primary N) is 1. The Morgan fingerprint density at radius 2 is 1.60 bits per heavy atom. The number of hydrogen-bond donors (Lipinski definition) is 1. The Balaban J connectivity index is 2.12. The fraction of sp³-hybridized carbons (Fsp3) is 0.133. The van der Waals surface area contributed by atoms with Gasteiger partial charge in [-0.1, -0.05) is 12.1 Å². The van der Waals surface area contributed by atoms with Gasteiger partial charge in [0.1, 0.15) is 17.2 Å². The molecule has 0 atom stereocenters. The van der Waals surface area contributed by atoms with Gasteiger partial charge >= 0.3 is 6.09 Å². The van der Waals surface area contributed by atoms with Crippen molar-refractivity contribution >= 4 is 11.8 Å². The van der Waals surface area contributed by atoms with Gasteiger partial charge in [0.2, 0.25) is 0 Å². The monoisotopic (exact) mass is 272 g/mol. The van der Waals surface area contributed by atoms with Crippen molar-refractivity contribution in [1.29, 1.82) is 0 Å². The van der Waals surface area contributed by atoms with E-state index in [1.807, 2.05) is 0 Å². The average molecular weight is 272 g/mol. The summed E-state index contributed by atoms with van der Waals surface area (Å²) < 4.78 is 10.8. The first kappa shape index (κ1) is 13.7. The summed E-state index contributed by atoms with van der Waals surface area (Å²) in [5.41, 5.74) is 6.31. The van der Waals surface area contributed by atoms with E-state index in [1.54, 1.807) is 62.6 Å². The molecule has 0 aliphatic carbocycles. The molecule has 0 aromatic heterocycles. The largest absolute Gasteiger partial charge is 0.457 e. The van der Waals surface area contributed by atoms with E-state index in [-0.39, 0.29) is 0 Å². The number of amides is 1. The van der Waals surface area contributed by atoms with E-state index in [0.29, 0.717) is 22.9 Å². The molecule has 2 aromatic carbocycles. The summed E-state index contributed by atoms with van der Waals surface area (Å²) >= 11 is 0. The first-order valence-electron chi connectivity index (χ1n) is 6.07. The van der Waals surface area contributed by atoms with E-state index < -0.39 is 6.09 Å². The molecule has 0 aliphatic heterocycles. The average Bonchev–Trinajstić information content (AvgIpc) is 2.39. The number of ether oxygens (including phenoxy) is 2. The van der Waals surface area contributed by atoms with Crippen LogP contribution in [0.1, 0.15) is 0 Å². The summed E-state index contributed by atoms with van der Waals surface area (Å²) in [5, 5.41) is 0. The smallest absolute Gasteiger partial charge is 0.414 e. The third kappa shape index (κ3) is 3.65. The van der Waals surface area contributed by atoms with Crippen LogP contribution in [-0.2, 0) is 0 Å². The Morgan fingerprint density at radius 3 is 2.25 bits per heavy atom. The SMILES string of the molecule is CN(C)C(=O)Oc1cccc(Oc2cccc(N)c2)c1. The van der Waals surface area contributed by atoms with Crippen LogP contribution >= 0.6 is 0 Å². The molecule has 2 aromatic rings. The van der Waals surface area contributed by atoms with Crippen LogP contribution in [0.2, 0.25) is 0 Å². The molecule has 0 saturated carbocycles. The molecule has 2 N–H and O–H groups in total. The minimum atomic E-state index is -0.439. The van der Waals surface area contributed by atoms with Crippen molar-refractivity contribution < 1.29 is 14.3 Å². The van der Waals surface area contributed by atoms with Gasteiger partial charge in [0.15, 0.2) is 0 Å². The second-order valence-corrected chi connectivity index (χ2v) is 4.41. The Hall–Kier alpha value is -2.69. The van der Waals surface area contributed by atoms with E-state index in [9.17, 15) is 4.79 Å². The van der Waals surface area contributed by atoms with Crippen LogP contribution in [0.3, 0.4) is 0 Å². The third-order valence-electron chi connectivity index (χ3n) is 2.47. The van der Waals surface area contributed by atoms with Crippen LogP contribution < -0.4 is 15.2 Å². The highest BCUT2D eigenvalue weighted by Crippen LogP contribution is 2.26. The maximum atomic E-state index is 11.5. The van der Waals surface area contributed by atoms with Crippen molar-refractivity contribution in [1.82, 2.24) is 4.90 Å². The molecule has 0 spiro atoms. The Bertz CT molecular complexity index is 612. The number of nitrogens with zero attached hydrogens (tertiary/aromatic N) is 1. The molecule has 5 heteroatoms. The molecule has 0 heterocycles. The van der Waals surface area contributed by atoms with Gasteiger partial charge in [0.25, 0.3) is 0 Å². The molecule has 0 bridgehead atoms. The highest BCUT2D eigenvalue weighted by molar-refractivity contribution is 5.70. The normalized spacial score (nSPS) is 9.90. The Morgan fingerprint density at radius 1 is 1.00 bits per heavy atom. The van der Waals surface area contributed by atoms with Crippen LogP contribution in [0.15, 0.2) is 48.5 Å². The first-order valence-corrected chi connectivity index (χ1v) is 6.07. The van der Waals surface area contributed by atoms with Gasteiger partial charge in [0.05, 0.1) is 0 Å². The zero-order valence-electron chi connectivity index (χ0n) is 11.4. The van der Waals surface area contributed by atoms with Crippen LogP contribution in [0.25, 0.3) is 0 Å². The number of anilines is 1. The summed E-state index contributed by atoms with van der Waals surface area (Å²) in [6, 6.07) is 14.0. The second kappa shape index (κ2) is 5.97. The zero-order chi connectivity index (χ0) is 14.5. The van der Waals surface area contributed by atoms with Gasteiger partial charge in [-0.2, -0.15) is 0 Å². The predicted octanol–water partition coefficient (Wildman–Crippen LogP) is 3.12. The lowest BCUT2D eigenvalue weighted by molar-refractivity contribution is 0.172. The predicted molar refractivity (Wildman–Crippen MR) is 77.1 cm³/mol. The number of rotatable bonds is 3. The van der Waals surface area contributed by atoms with Crippen molar-refractivity contribution in [3.8, 4) is 17.2 Å². The molecular weight excluding hydrogens is 256 g/mol. The Kier molecular flexibility index (Phi) is 4.10. The number of carbonyl (C=O) groups is 1. The van der Waals surface area contributed by atoms with E-state index in [2.05, 4.69) is 0 Å². The molecule has 0 saturated heterocycles. The molecule has 0 radical (unpaired) electrons. The van der Waals surface area contributed by atoms with Crippen LogP contribution in [0.4, 0.5) is 10.5 Å². The summed E-state index contributed by atoms with van der Waals surface area (Å²) in [6.07, 6.45) is -0.439. The maximum Gasteiger partial charge on any atom is 0.414 e. The van der Waals surface area contributed by atoms with Gasteiger partial charge in [-0.15, -0.1) is 0 Å². The highest BCUT2D eigenvalue weighted by Gasteiger charge is 2.07. The molecular formula is C15H16N2O3. The Labute approximate surface area is 117 Å². The standard InChI is InChI=1S/C15H16N2O3/c1-17(2)15(18)20-14-8-4-7-13(10-14)19-12-6-3-5-11(16)9-12/h3-10H,16H2,1-2H3. The highest BCUT2D eigenvalue weighted by atomic mass is 16.6. The van der Waals surface area contributed by atoms with Gasteiger partial charge in [0, 0.05) is 31.9 Å². The van der Waals surface area contributed by atoms with Crippen molar-refractivity contribution in [2.45, 2.75) is 0 Å². The van der Waals surface area contributed by atoms with Crippen molar-refractivity contribution in [3.05, 3.63) is 48.5 Å². The van der Waals surface area contributed by atoms with Crippen LogP contribution in [0, 0.1) is 0 Å². The molecule has 0 fully saturated rings. The lowest BCUT2D eigenvalue weighted by atomic mass is 10.3. The quantitative estimate of drug-likeness (QED) is 0.872. The van der Waals surface area contributed by atoms with Gasteiger partial charge in [-0.05, 0) is 24.3 Å². The number of carbonyl (C=O) groups excluding carboxylic acids is 1. The van der Waals surface area contributed by atoms with E-state index in [1.165, 1.54) is 4.90 Å². The van der Waals surface area contributed by atoms with Gasteiger partial charge < -0.3 is 20.1 Å². The molecule has 104 valence electrons. The number of hydrogen-bond acceptors (Lipinski definition) is 4. The maximum absolute atomic E-state index is 11.5. The molecule has 5 nitrogen and oxygen atoms in total. The molecule has 0 aliphatic rings. The minimum absolute atomic E-state index is 0.421. The van der Waals surface area contributed by atoms with Gasteiger partial charge in [-0.3, -0.25) is 0 Å². The molecule has 2 rings (SSSR count). The fourth-order valence-electron chi connectivity index (χ4n) is 1.51.